The number of aromatic nitrogens is 4. The van der Waals surface area contributed by atoms with Crippen molar-refractivity contribution in [2.45, 2.75) is 6.18 Å². The highest BCUT2D eigenvalue weighted by atomic mass is 19.4. The van der Waals surface area contributed by atoms with E-state index in [0.717, 1.165) is 73.0 Å². The topological polar surface area (TPSA) is 43.6 Å². The van der Waals surface area contributed by atoms with Gasteiger partial charge in [-0.3, -0.25) is 0 Å². The number of rotatable bonds is 6. The van der Waals surface area contributed by atoms with Gasteiger partial charge in [0.1, 0.15) is 0 Å². The molecule has 4 nitrogen and oxygen atoms in total. The molecule has 53 heavy (non-hydrogen) atoms. The Morgan fingerprint density at radius 2 is 0.868 bits per heavy atom. The number of para-hydroxylation sites is 1. The second-order valence-electron chi connectivity index (χ2n) is 12.8. The zero-order chi connectivity index (χ0) is 35.9. The van der Waals surface area contributed by atoms with Gasteiger partial charge in [0.2, 0.25) is 0 Å². The summed E-state index contributed by atoms with van der Waals surface area (Å²) in [6, 6.07) is 55.7. The molecular formula is C46H29F3N4. The summed E-state index contributed by atoms with van der Waals surface area (Å²) in [6.45, 7) is 0. The van der Waals surface area contributed by atoms with E-state index in [1.165, 1.54) is 12.1 Å². The molecule has 2 heterocycles. The van der Waals surface area contributed by atoms with Crippen molar-refractivity contribution in [2.75, 3.05) is 0 Å². The third kappa shape index (κ3) is 6.02. The van der Waals surface area contributed by atoms with E-state index in [4.69, 9.17) is 15.0 Å². The van der Waals surface area contributed by atoms with E-state index in [1.54, 1.807) is 0 Å². The van der Waals surface area contributed by atoms with Crippen LogP contribution >= 0.6 is 0 Å². The number of nitrogens with zero attached hydrogens (tertiary/aromatic N) is 4. The summed E-state index contributed by atoms with van der Waals surface area (Å²) in [5.41, 5.74) is 8.06. The Morgan fingerprint density at radius 1 is 0.377 bits per heavy atom. The summed E-state index contributed by atoms with van der Waals surface area (Å²) in [6.07, 6.45) is -4.44. The molecule has 0 unspecified atom stereocenters. The maximum atomic E-state index is 13.7. The number of fused-ring (bicyclic) bond motifs is 3. The molecule has 0 bridgehead atoms. The van der Waals surface area contributed by atoms with E-state index in [-0.39, 0.29) is 0 Å². The fourth-order valence-electron chi connectivity index (χ4n) is 6.92. The molecule has 0 amide bonds. The monoisotopic (exact) mass is 694 g/mol. The molecule has 9 rings (SSSR count). The molecule has 0 radical (unpaired) electrons. The van der Waals surface area contributed by atoms with Crippen LogP contribution in [0.15, 0.2) is 176 Å². The van der Waals surface area contributed by atoms with Crippen molar-refractivity contribution in [2.24, 2.45) is 0 Å². The first-order valence-corrected chi connectivity index (χ1v) is 17.2. The third-order valence-corrected chi connectivity index (χ3v) is 9.50. The number of benzene rings is 7. The zero-order valence-corrected chi connectivity index (χ0v) is 28.2. The standard InChI is InChI=1S/C46H29F3N4/c47-46(48,49)36-24-20-31(21-25-36)37-26-22-35(45-51-43(32-14-6-2-7-15-32)50-44(52-45)33-16-8-3-9-17-33)29-42(37)53-40-19-11-10-18-38(40)39-28-34(23-27-41(39)53)30-12-4-1-5-13-30/h1-29H. The predicted octanol–water partition coefficient (Wildman–Crippen LogP) is 12.3. The summed E-state index contributed by atoms with van der Waals surface area (Å²) in [5, 5.41) is 2.12. The van der Waals surface area contributed by atoms with Crippen molar-refractivity contribution < 1.29 is 13.2 Å². The molecule has 0 aliphatic heterocycles. The minimum atomic E-state index is -4.44. The summed E-state index contributed by atoms with van der Waals surface area (Å²) >= 11 is 0. The molecule has 0 aliphatic carbocycles. The molecule has 0 spiro atoms. The zero-order valence-electron chi connectivity index (χ0n) is 28.2. The SMILES string of the molecule is FC(F)(F)c1ccc(-c2ccc(-c3nc(-c4ccccc4)nc(-c4ccccc4)n3)cc2-n2c3ccccc3c3cc(-c4ccccc4)ccc32)cc1. The van der Waals surface area contributed by atoms with Gasteiger partial charge in [-0.05, 0) is 53.1 Å². The maximum Gasteiger partial charge on any atom is 0.416 e. The van der Waals surface area contributed by atoms with Gasteiger partial charge >= 0.3 is 6.18 Å². The lowest BCUT2D eigenvalue weighted by Gasteiger charge is -2.17. The van der Waals surface area contributed by atoms with E-state index >= 15 is 0 Å². The number of hydrogen-bond acceptors (Lipinski definition) is 3. The molecule has 0 atom stereocenters. The van der Waals surface area contributed by atoms with Gasteiger partial charge in [0.05, 0.1) is 22.3 Å². The van der Waals surface area contributed by atoms with Crippen molar-refractivity contribution in [3.63, 3.8) is 0 Å². The van der Waals surface area contributed by atoms with E-state index in [2.05, 4.69) is 47.0 Å². The molecule has 0 fully saturated rings. The quantitative estimate of drug-likeness (QED) is 0.174. The lowest BCUT2D eigenvalue weighted by atomic mass is 9.99. The Hall–Kier alpha value is -6.86. The van der Waals surface area contributed by atoms with Crippen molar-refractivity contribution in [1.82, 2.24) is 19.5 Å². The highest BCUT2D eigenvalue weighted by molar-refractivity contribution is 6.11. The summed E-state index contributed by atoms with van der Waals surface area (Å²) < 4.78 is 43.2. The van der Waals surface area contributed by atoms with Crippen molar-refractivity contribution in [3.05, 3.63) is 181 Å². The Bertz CT molecular complexity index is 2680. The largest absolute Gasteiger partial charge is 0.416 e. The fraction of sp³-hybridized carbons (Fsp3) is 0.0217. The summed E-state index contributed by atoms with van der Waals surface area (Å²) in [5.74, 6) is 1.55. The molecule has 0 aliphatic rings. The smallest absolute Gasteiger partial charge is 0.309 e. The van der Waals surface area contributed by atoms with Crippen LogP contribution in [0.2, 0.25) is 0 Å². The minimum Gasteiger partial charge on any atom is -0.309 e. The van der Waals surface area contributed by atoms with Gasteiger partial charge < -0.3 is 4.57 Å². The second-order valence-corrected chi connectivity index (χ2v) is 12.8. The van der Waals surface area contributed by atoms with Crippen molar-refractivity contribution in [3.8, 4) is 62.1 Å². The van der Waals surface area contributed by atoms with Gasteiger partial charge in [0, 0.05) is 33.0 Å². The molecule has 0 saturated heterocycles. The molecule has 7 heteroatoms. The molecular weight excluding hydrogens is 666 g/mol. The molecule has 7 aromatic carbocycles. The van der Waals surface area contributed by atoms with Gasteiger partial charge in [-0.1, -0.05) is 140 Å². The first-order chi connectivity index (χ1) is 25.9. The lowest BCUT2D eigenvalue weighted by molar-refractivity contribution is -0.137. The highest BCUT2D eigenvalue weighted by Gasteiger charge is 2.30. The minimum absolute atomic E-state index is 0.477. The first kappa shape index (κ1) is 32.1. The molecule has 9 aromatic rings. The van der Waals surface area contributed by atoms with E-state index in [9.17, 15) is 13.2 Å². The van der Waals surface area contributed by atoms with Crippen LogP contribution in [0, 0.1) is 0 Å². The average Bonchev–Trinajstić information content (AvgIpc) is 3.55. The van der Waals surface area contributed by atoms with Crippen LogP contribution < -0.4 is 0 Å². The predicted molar refractivity (Wildman–Crippen MR) is 206 cm³/mol. The molecule has 254 valence electrons. The van der Waals surface area contributed by atoms with Crippen LogP contribution in [-0.4, -0.2) is 19.5 Å². The van der Waals surface area contributed by atoms with Gasteiger partial charge in [-0.15, -0.1) is 0 Å². The Kier molecular flexibility index (Phi) is 7.89. The van der Waals surface area contributed by atoms with Gasteiger partial charge in [-0.25, -0.2) is 15.0 Å². The summed E-state index contributed by atoms with van der Waals surface area (Å²) in [7, 11) is 0. The summed E-state index contributed by atoms with van der Waals surface area (Å²) in [4.78, 5) is 14.8. The number of hydrogen-bond donors (Lipinski definition) is 0. The van der Waals surface area contributed by atoms with Crippen LogP contribution in [0.5, 0.6) is 0 Å². The molecule has 0 N–H and O–H groups in total. The molecule has 0 saturated carbocycles. The van der Waals surface area contributed by atoms with E-state index < -0.39 is 11.7 Å². The van der Waals surface area contributed by atoms with Gasteiger partial charge in [-0.2, -0.15) is 13.2 Å². The van der Waals surface area contributed by atoms with E-state index in [1.807, 2.05) is 109 Å². The van der Waals surface area contributed by atoms with Gasteiger partial charge in [0.25, 0.3) is 0 Å². The van der Waals surface area contributed by atoms with Crippen molar-refractivity contribution in [1.29, 1.82) is 0 Å². The van der Waals surface area contributed by atoms with Crippen LogP contribution in [0.3, 0.4) is 0 Å². The van der Waals surface area contributed by atoms with Crippen LogP contribution in [0.25, 0.3) is 83.9 Å². The van der Waals surface area contributed by atoms with E-state index in [0.29, 0.717) is 23.0 Å². The normalized spacial score (nSPS) is 11.7. The number of alkyl halides is 3. The Morgan fingerprint density at radius 3 is 1.47 bits per heavy atom. The van der Waals surface area contributed by atoms with Crippen LogP contribution in [0.1, 0.15) is 5.56 Å². The fourth-order valence-corrected chi connectivity index (χ4v) is 6.92. The maximum absolute atomic E-state index is 13.7. The van der Waals surface area contributed by atoms with Crippen LogP contribution in [0.4, 0.5) is 13.2 Å². The molecule has 2 aromatic heterocycles. The Labute approximate surface area is 303 Å². The Balaban J connectivity index is 1.30. The van der Waals surface area contributed by atoms with Crippen LogP contribution in [-0.2, 0) is 6.18 Å². The second kappa shape index (κ2) is 13.0. The third-order valence-electron chi connectivity index (χ3n) is 9.50. The first-order valence-electron chi connectivity index (χ1n) is 17.2. The highest BCUT2D eigenvalue weighted by Crippen LogP contribution is 2.40. The van der Waals surface area contributed by atoms with Gasteiger partial charge in [0.15, 0.2) is 17.5 Å². The lowest BCUT2D eigenvalue weighted by Crippen LogP contribution is -2.04. The van der Waals surface area contributed by atoms with Crippen molar-refractivity contribution >= 4 is 21.8 Å². The average molecular weight is 695 g/mol. The number of halogens is 3.